The molecule has 0 aliphatic carbocycles. The second kappa shape index (κ2) is 6.33. The van der Waals surface area contributed by atoms with Crippen LogP contribution in [-0.4, -0.2) is 32.7 Å². The molecule has 4 heteroatoms. The Morgan fingerprint density at radius 2 is 2.18 bits per heavy atom. The molecular formula is C13H23N3O. The zero-order chi connectivity index (χ0) is 12.8. The Morgan fingerprint density at radius 1 is 1.47 bits per heavy atom. The highest BCUT2D eigenvalue weighted by Gasteiger charge is 2.12. The Morgan fingerprint density at radius 3 is 2.71 bits per heavy atom. The molecule has 0 aliphatic heterocycles. The van der Waals surface area contributed by atoms with E-state index >= 15 is 0 Å². The lowest BCUT2D eigenvalue weighted by atomic mass is 10.1. The van der Waals surface area contributed by atoms with Gasteiger partial charge in [-0.15, -0.1) is 0 Å². The maximum absolute atomic E-state index is 5.30. The van der Waals surface area contributed by atoms with Gasteiger partial charge in [-0.1, -0.05) is 20.3 Å². The third-order valence-corrected chi connectivity index (χ3v) is 2.89. The number of methoxy groups -OCH3 is 1. The molecule has 0 radical (unpaired) electrons. The van der Waals surface area contributed by atoms with Crippen LogP contribution in [0, 0.1) is 5.92 Å². The first-order valence-corrected chi connectivity index (χ1v) is 6.04. The summed E-state index contributed by atoms with van der Waals surface area (Å²) in [5, 5.41) is 3.44. The van der Waals surface area contributed by atoms with Crippen LogP contribution in [0.1, 0.15) is 20.3 Å². The van der Waals surface area contributed by atoms with Crippen LogP contribution in [0.4, 0.5) is 11.4 Å². The summed E-state index contributed by atoms with van der Waals surface area (Å²) in [6.07, 6.45) is 2.93. The Balaban J connectivity index is 2.93. The SMILES string of the molecule is CCC(C)CNc1c(N(C)C)ccnc1OC. The van der Waals surface area contributed by atoms with Gasteiger partial charge >= 0.3 is 0 Å². The Labute approximate surface area is 104 Å². The van der Waals surface area contributed by atoms with Crippen molar-refractivity contribution in [2.24, 2.45) is 5.92 Å². The molecule has 0 aromatic carbocycles. The zero-order valence-electron chi connectivity index (χ0n) is 11.4. The van der Waals surface area contributed by atoms with Gasteiger partial charge in [-0.05, 0) is 12.0 Å². The van der Waals surface area contributed by atoms with E-state index in [1.807, 2.05) is 20.2 Å². The lowest BCUT2D eigenvalue weighted by Crippen LogP contribution is -2.16. The highest BCUT2D eigenvalue weighted by Crippen LogP contribution is 2.32. The predicted molar refractivity (Wildman–Crippen MR) is 73.1 cm³/mol. The molecule has 0 saturated carbocycles. The molecule has 0 saturated heterocycles. The highest BCUT2D eigenvalue weighted by molar-refractivity contribution is 5.74. The molecule has 1 rings (SSSR count). The van der Waals surface area contributed by atoms with Gasteiger partial charge < -0.3 is 15.0 Å². The smallest absolute Gasteiger partial charge is 0.239 e. The van der Waals surface area contributed by atoms with Gasteiger partial charge in [0.25, 0.3) is 0 Å². The van der Waals surface area contributed by atoms with Crippen molar-refractivity contribution in [1.82, 2.24) is 4.98 Å². The van der Waals surface area contributed by atoms with Gasteiger partial charge in [0, 0.05) is 26.8 Å². The first kappa shape index (κ1) is 13.6. The van der Waals surface area contributed by atoms with Gasteiger partial charge in [-0.3, -0.25) is 0 Å². The number of pyridine rings is 1. The maximum atomic E-state index is 5.30. The van der Waals surface area contributed by atoms with E-state index in [1.54, 1.807) is 13.3 Å². The van der Waals surface area contributed by atoms with Gasteiger partial charge in [-0.2, -0.15) is 0 Å². The fourth-order valence-electron chi connectivity index (χ4n) is 1.55. The van der Waals surface area contributed by atoms with Crippen LogP contribution in [0.25, 0.3) is 0 Å². The number of nitrogens with one attached hydrogen (secondary N) is 1. The summed E-state index contributed by atoms with van der Waals surface area (Å²) in [5.41, 5.74) is 2.07. The average molecular weight is 237 g/mol. The molecule has 96 valence electrons. The lowest BCUT2D eigenvalue weighted by molar-refractivity contribution is 0.399. The topological polar surface area (TPSA) is 37.4 Å². The first-order valence-electron chi connectivity index (χ1n) is 6.04. The average Bonchev–Trinajstić information content (AvgIpc) is 2.35. The van der Waals surface area contributed by atoms with Crippen LogP contribution in [0.2, 0.25) is 0 Å². The third kappa shape index (κ3) is 3.51. The molecule has 0 bridgehead atoms. The number of ether oxygens (including phenoxy) is 1. The van der Waals surface area contributed by atoms with Gasteiger partial charge in [-0.25, -0.2) is 4.98 Å². The number of aromatic nitrogens is 1. The van der Waals surface area contributed by atoms with Crippen LogP contribution < -0.4 is 15.0 Å². The molecule has 1 unspecified atom stereocenters. The number of hydrogen-bond donors (Lipinski definition) is 1. The summed E-state index contributed by atoms with van der Waals surface area (Å²) in [4.78, 5) is 6.29. The van der Waals surface area contributed by atoms with Gasteiger partial charge in [0.1, 0.15) is 5.69 Å². The van der Waals surface area contributed by atoms with Crippen LogP contribution in [-0.2, 0) is 0 Å². The normalized spacial score (nSPS) is 12.1. The molecule has 1 aromatic rings. The lowest BCUT2D eigenvalue weighted by Gasteiger charge is -2.21. The van der Waals surface area contributed by atoms with Crippen LogP contribution in [0.5, 0.6) is 5.88 Å². The van der Waals surface area contributed by atoms with Gasteiger partial charge in [0.05, 0.1) is 12.8 Å². The van der Waals surface area contributed by atoms with Gasteiger partial charge in [0.15, 0.2) is 0 Å². The minimum atomic E-state index is 0.634. The fourth-order valence-corrected chi connectivity index (χ4v) is 1.55. The van der Waals surface area contributed by atoms with Crippen molar-refractivity contribution in [3.8, 4) is 5.88 Å². The highest BCUT2D eigenvalue weighted by atomic mass is 16.5. The number of anilines is 2. The van der Waals surface area contributed by atoms with E-state index in [4.69, 9.17) is 4.74 Å². The molecule has 1 aromatic heterocycles. The molecule has 0 spiro atoms. The predicted octanol–water partition coefficient (Wildman–Crippen LogP) is 2.61. The summed E-state index contributed by atoms with van der Waals surface area (Å²) in [7, 11) is 5.68. The Kier molecular flexibility index (Phi) is 5.07. The van der Waals surface area contributed by atoms with Crippen molar-refractivity contribution in [3.63, 3.8) is 0 Å². The quantitative estimate of drug-likeness (QED) is 0.825. The molecule has 0 aliphatic rings. The van der Waals surface area contributed by atoms with E-state index in [0.29, 0.717) is 11.8 Å². The van der Waals surface area contributed by atoms with Crippen molar-refractivity contribution in [2.45, 2.75) is 20.3 Å². The maximum Gasteiger partial charge on any atom is 0.239 e. The Bertz CT molecular complexity index is 353. The van der Waals surface area contributed by atoms with E-state index in [-0.39, 0.29) is 0 Å². The van der Waals surface area contributed by atoms with E-state index in [9.17, 15) is 0 Å². The van der Waals surface area contributed by atoms with Crippen molar-refractivity contribution in [3.05, 3.63) is 12.3 Å². The summed E-state index contributed by atoms with van der Waals surface area (Å²) in [5.74, 6) is 1.29. The second-order valence-corrected chi connectivity index (χ2v) is 4.50. The van der Waals surface area contributed by atoms with Crippen molar-refractivity contribution >= 4 is 11.4 Å². The van der Waals surface area contributed by atoms with E-state index < -0.39 is 0 Å². The van der Waals surface area contributed by atoms with Crippen LogP contribution in [0.15, 0.2) is 12.3 Å². The minimum absolute atomic E-state index is 0.634. The summed E-state index contributed by atoms with van der Waals surface area (Å²) in [6.45, 7) is 5.35. The Hall–Kier alpha value is -1.45. The largest absolute Gasteiger partial charge is 0.479 e. The van der Waals surface area contributed by atoms with Crippen molar-refractivity contribution in [1.29, 1.82) is 0 Å². The summed E-state index contributed by atoms with van der Waals surface area (Å²) < 4.78 is 5.30. The summed E-state index contributed by atoms with van der Waals surface area (Å²) >= 11 is 0. The molecule has 1 N–H and O–H groups in total. The third-order valence-electron chi connectivity index (χ3n) is 2.89. The number of rotatable bonds is 6. The minimum Gasteiger partial charge on any atom is -0.479 e. The standard InChI is InChI=1S/C13H23N3O/c1-6-10(2)9-15-12-11(16(3)4)7-8-14-13(12)17-5/h7-8,10,15H,6,9H2,1-5H3. The molecule has 0 amide bonds. The van der Waals surface area contributed by atoms with Crippen molar-refractivity contribution in [2.75, 3.05) is 38.0 Å². The second-order valence-electron chi connectivity index (χ2n) is 4.50. The molecule has 0 fully saturated rings. The molecule has 4 nitrogen and oxygen atoms in total. The van der Waals surface area contributed by atoms with E-state index in [0.717, 1.165) is 24.3 Å². The van der Waals surface area contributed by atoms with E-state index in [2.05, 4.69) is 29.0 Å². The number of hydrogen-bond acceptors (Lipinski definition) is 4. The molecule has 1 atom stereocenters. The molecule has 17 heavy (non-hydrogen) atoms. The van der Waals surface area contributed by atoms with Gasteiger partial charge in [0.2, 0.25) is 5.88 Å². The molecule has 1 heterocycles. The van der Waals surface area contributed by atoms with Crippen LogP contribution >= 0.6 is 0 Å². The summed E-state index contributed by atoms with van der Waals surface area (Å²) in [6, 6.07) is 1.99. The van der Waals surface area contributed by atoms with Crippen LogP contribution in [0.3, 0.4) is 0 Å². The van der Waals surface area contributed by atoms with Crippen molar-refractivity contribution < 1.29 is 4.74 Å². The van der Waals surface area contributed by atoms with E-state index in [1.165, 1.54) is 0 Å². The molecular weight excluding hydrogens is 214 g/mol. The fraction of sp³-hybridized carbons (Fsp3) is 0.615. The first-order chi connectivity index (χ1) is 8.10. The monoisotopic (exact) mass is 237 g/mol. The zero-order valence-corrected chi connectivity index (χ0v) is 11.4. The number of nitrogens with zero attached hydrogens (tertiary/aromatic N) is 2.